The molecular weight excluding hydrogens is 196 g/mol. The summed E-state index contributed by atoms with van der Waals surface area (Å²) in [6, 6.07) is 0. The average Bonchev–Trinajstić information content (AvgIpc) is 2.67. The van der Waals surface area contributed by atoms with E-state index in [0.717, 1.165) is 24.0 Å². The van der Waals surface area contributed by atoms with Crippen molar-refractivity contribution in [3.63, 3.8) is 0 Å². The Morgan fingerprint density at radius 2 is 2.57 bits per heavy atom. The van der Waals surface area contributed by atoms with E-state index < -0.39 is 0 Å². The van der Waals surface area contributed by atoms with E-state index in [2.05, 4.69) is 4.98 Å². The van der Waals surface area contributed by atoms with Crippen molar-refractivity contribution in [3.05, 3.63) is 17.8 Å². The van der Waals surface area contributed by atoms with Gasteiger partial charge < -0.3 is 10.2 Å². The van der Waals surface area contributed by atoms with Crippen molar-refractivity contribution < 1.29 is 4.42 Å². The lowest BCUT2D eigenvalue weighted by Crippen LogP contribution is -2.13. The van der Waals surface area contributed by atoms with Gasteiger partial charge in [-0.15, -0.1) is 0 Å². The predicted molar refractivity (Wildman–Crippen MR) is 58.1 cm³/mol. The SMILES string of the molecule is NCc1cnc(CC2CCCSC2)o1. The number of aromatic nitrogens is 1. The summed E-state index contributed by atoms with van der Waals surface area (Å²) >= 11 is 2.04. The van der Waals surface area contributed by atoms with E-state index in [9.17, 15) is 0 Å². The molecule has 0 spiro atoms. The number of hydrogen-bond acceptors (Lipinski definition) is 4. The van der Waals surface area contributed by atoms with Crippen LogP contribution in [-0.4, -0.2) is 16.5 Å². The third-order valence-corrected chi connectivity index (χ3v) is 3.80. The molecule has 1 aliphatic heterocycles. The van der Waals surface area contributed by atoms with Gasteiger partial charge in [0.05, 0.1) is 12.7 Å². The summed E-state index contributed by atoms with van der Waals surface area (Å²) < 4.78 is 5.49. The summed E-state index contributed by atoms with van der Waals surface area (Å²) in [4.78, 5) is 4.23. The molecule has 78 valence electrons. The van der Waals surface area contributed by atoms with Crippen molar-refractivity contribution in [1.82, 2.24) is 4.98 Å². The van der Waals surface area contributed by atoms with E-state index in [4.69, 9.17) is 10.2 Å². The first-order chi connectivity index (χ1) is 6.88. The molecular formula is C10H16N2OS. The Kier molecular flexibility index (Phi) is 3.48. The maximum atomic E-state index is 5.49. The van der Waals surface area contributed by atoms with E-state index in [1.807, 2.05) is 11.8 Å². The molecule has 14 heavy (non-hydrogen) atoms. The molecule has 0 aliphatic carbocycles. The van der Waals surface area contributed by atoms with Crippen LogP contribution < -0.4 is 5.73 Å². The van der Waals surface area contributed by atoms with Gasteiger partial charge in [0.25, 0.3) is 0 Å². The largest absolute Gasteiger partial charge is 0.444 e. The van der Waals surface area contributed by atoms with Crippen LogP contribution in [0.5, 0.6) is 0 Å². The van der Waals surface area contributed by atoms with Crippen molar-refractivity contribution >= 4 is 11.8 Å². The first-order valence-electron chi connectivity index (χ1n) is 5.10. The lowest BCUT2D eigenvalue weighted by molar-refractivity contribution is 0.407. The molecule has 1 aromatic rings. The molecule has 0 radical (unpaired) electrons. The number of nitrogens with zero attached hydrogens (tertiary/aromatic N) is 1. The van der Waals surface area contributed by atoms with Gasteiger partial charge in [0.2, 0.25) is 0 Å². The summed E-state index contributed by atoms with van der Waals surface area (Å²) in [6.45, 7) is 0.451. The molecule has 0 amide bonds. The molecule has 3 nitrogen and oxygen atoms in total. The van der Waals surface area contributed by atoms with Crippen molar-refractivity contribution in [1.29, 1.82) is 0 Å². The Labute approximate surface area is 88.5 Å². The predicted octanol–water partition coefficient (Wildman–Crippen LogP) is 1.82. The Morgan fingerprint density at radius 1 is 1.64 bits per heavy atom. The van der Waals surface area contributed by atoms with Crippen LogP contribution in [0.15, 0.2) is 10.6 Å². The Bertz CT molecular complexity index is 281. The highest BCUT2D eigenvalue weighted by Gasteiger charge is 2.16. The highest BCUT2D eigenvalue weighted by molar-refractivity contribution is 7.99. The van der Waals surface area contributed by atoms with Crippen molar-refractivity contribution in [2.75, 3.05) is 11.5 Å². The van der Waals surface area contributed by atoms with Crippen LogP contribution in [0.2, 0.25) is 0 Å². The van der Waals surface area contributed by atoms with Crippen LogP contribution >= 0.6 is 11.8 Å². The summed E-state index contributed by atoms with van der Waals surface area (Å²) in [5.41, 5.74) is 5.46. The normalized spacial score (nSPS) is 22.5. The van der Waals surface area contributed by atoms with Gasteiger partial charge >= 0.3 is 0 Å². The van der Waals surface area contributed by atoms with Gasteiger partial charge in [-0.25, -0.2) is 4.98 Å². The Morgan fingerprint density at radius 3 is 3.21 bits per heavy atom. The highest BCUT2D eigenvalue weighted by atomic mass is 32.2. The average molecular weight is 212 g/mol. The molecule has 0 aromatic carbocycles. The summed E-state index contributed by atoms with van der Waals surface area (Å²) in [7, 11) is 0. The second kappa shape index (κ2) is 4.84. The van der Waals surface area contributed by atoms with Crippen molar-refractivity contribution in [2.45, 2.75) is 25.8 Å². The topological polar surface area (TPSA) is 52.0 Å². The monoisotopic (exact) mass is 212 g/mol. The molecule has 1 saturated heterocycles. The zero-order chi connectivity index (χ0) is 9.80. The molecule has 2 rings (SSSR count). The lowest BCUT2D eigenvalue weighted by Gasteiger charge is -2.19. The first-order valence-corrected chi connectivity index (χ1v) is 6.25. The minimum atomic E-state index is 0.451. The third kappa shape index (κ3) is 2.51. The van der Waals surface area contributed by atoms with Crippen molar-refractivity contribution in [2.24, 2.45) is 11.7 Å². The van der Waals surface area contributed by atoms with Gasteiger partial charge in [0, 0.05) is 6.42 Å². The number of oxazole rings is 1. The fraction of sp³-hybridized carbons (Fsp3) is 0.700. The molecule has 4 heteroatoms. The van der Waals surface area contributed by atoms with Gasteiger partial charge in [-0.05, 0) is 30.3 Å². The van der Waals surface area contributed by atoms with Crippen LogP contribution in [-0.2, 0) is 13.0 Å². The lowest BCUT2D eigenvalue weighted by atomic mass is 10.0. The number of rotatable bonds is 3. The van der Waals surface area contributed by atoms with Gasteiger partial charge in [0.1, 0.15) is 5.76 Å². The zero-order valence-electron chi connectivity index (χ0n) is 8.24. The minimum Gasteiger partial charge on any atom is -0.444 e. The van der Waals surface area contributed by atoms with Crippen molar-refractivity contribution in [3.8, 4) is 0 Å². The zero-order valence-corrected chi connectivity index (χ0v) is 9.05. The van der Waals surface area contributed by atoms with Crippen LogP contribution in [0, 0.1) is 5.92 Å². The minimum absolute atomic E-state index is 0.451. The van der Waals surface area contributed by atoms with Crippen LogP contribution in [0.25, 0.3) is 0 Å². The Hall–Kier alpha value is -0.480. The quantitative estimate of drug-likeness (QED) is 0.830. The summed E-state index contributed by atoms with van der Waals surface area (Å²) in [5, 5.41) is 0. The van der Waals surface area contributed by atoms with E-state index in [1.165, 1.54) is 24.3 Å². The van der Waals surface area contributed by atoms with E-state index in [1.54, 1.807) is 6.20 Å². The van der Waals surface area contributed by atoms with E-state index in [0.29, 0.717) is 6.54 Å². The van der Waals surface area contributed by atoms with Crippen LogP contribution in [0.1, 0.15) is 24.5 Å². The Balaban J connectivity index is 1.89. The maximum absolute atomic E-state index is 5.49. The fourth-order valence-corrected chi connectivity index (χ4v) is 2.91. The van der Waals surface area contributed by atoms with Gasteiger partial charge in [-0.3, -0.25) is 0 Å². The summed E-state index contributed by atoms with van der Waals surface area (Å²) in [6.07, 6.45) is 5.37. The molecule has 0 bridgehead atoms. The van der Waals surface area contributed by atoms with Crippen LogP contribution in [0.3, 0.4) is 0 Å². The standard InChI is InChI=1S/C10H16N2OS/c11-5-9-6-12-10(13-9)4-8-2-1-3-14-7-8/h6,8H,1-5,7,11H2. The maximum Gasteiger partial charge on any atom is 0.194 e. The number of nitrogens with two attached hydrogens (primary N) is 1. The molecule has 0 saturated carbocycles. The first kappa shape index (κ1) is 10.1. The fourth-order valence-electron chi connectivity index (χ4n) is 1.75. The number of thioether (sulfide) groups is 1. The molecule has 2 heterocycles. The van der Waals surface area contributed by atoms with Gasteiger partial charge in [0.15, 0.2) is 5.89 Å². The molecule has 1 fully saturated rings. The molecule has 1 atom stereocenters. The second-order valence-corrected chi connectivity index (χ2v) is 4.86. The van der Waals surface area contributed by atoms with Gasteiger partial charge in [-0.2, -0.15) is 11.8 Å². The molecule has 1 unspecified atom stereocenters. The molecule has 1 aromatic heterocycles. The second-order valence-electron chi connectivity index (χ2n) is 3.71. The van der Waals surface area contributed by atoms with Gasteiger partial charge in [-0.1, -0.05) is 0 Å². The summed E-state index contributed by atoms with van der Waals surface area (Å²) in [5.74, 6) is 4.97. The van der Waals surface area contributed by atoms with E-state index >= 15 is 0 Å². The van der Waals surface area contributed by atoms with E-state index in [-0.39, 0.29) is 0 Å². The smallest absolute Gasteiger partial charge is 0.194 e. The highest BCUT2D eigenvalue weighted by Crippen LogP contribution is 2.25. The number of hydrogen-bond donors (Lipinski definition) is 1. The molecule has 2 N–H and O–H groups in total. The molecule has 1 aliphatic rings. The third-order valence-electron chi connectivity index (χ3n) is 2.52. The van der Waals surface area contributed by atoms with Crippen LogP contribution in [0.4, 0.5) is 0 Å².